The normalized spacial score (nSPS) is 14.2. The predicted octanol–water partition coefficient (Wildman–Crippen LogP) is 2.37. The van der Waals surface area contributed by atoms with Crippen LogP contribution < -0.4 is 25.7 Å². The van der Waals surface area contributed by atoms with Crippen LogP contribution in [-0.2, 0) is 11.3 Å². The molecular weight excluding hydrogens is 444 g/mol. The lowest BCUT2D eigenvalue weighted by atomic mass is 10.2. The Kier molecular flexibility index (Phi) is 7.43. The summed E-state index contributed by atoms with van der Waals surface area (Å²) in [6.07, 6.45) is 0. The molecule has 0 unspecified atom stereocenters. The largest absolute Gasteiger partial charge is 0.493 e. The second kappa shape index (κ2) is 10.6. The summed E-state index contributed by atoms with van der Waals surface area (Å²) in [6, 6.07) is 7.43. The van der Waals surface area contributed by atoms with Gasteiger partial charge in [-0.05, 0) is 25.1 Å². The summed E-state index contributed by atoms with van der Waals surface area (Å²) in [5, 5.41) is 0.861. The van der Waals surface area contributed by atoms with Gasteiger partial charge in [0.05, 0.1) is 26.0 Å². The van der Waals surface area contributed by atoms with Crippen LogP contribution in [0.2, 0.25) is 0 Å². The first kappa shape index (κ1) is 23.0. The van der Waals surface area contributed by atoms with Gasteiger partial charge in [-0.25, -0.2) is 4.98 Å². The summed E-state index contributed by atoms with van der Waals surface area (Å²) >= 11 is 1.58. The number of aromatic nitrogens is 3. The summed E-state index contributed by atoms with van der Waals surface area (Å²) in [7, 11) is 1.64. The number of nitrogens with two attached hydrogens (primary N) is 2. The van der Waals surface area contributed by atoms with Crippen molar-refractivity contribution in [3.8, 4) is 28.1 Å². The van der Waals surface area contributed by atoms with E-state index in [0.29, 0.717) is 18.1 Å². The molecule has 4 N–H and O–H groups in total. The van der Waals surface area contributed by atoms with Gasteiger partial charge in [-0.3, -0.25) is 4.90 Å². The van der Waals surface area contributed by atoms with Crippen molar-refractivity contribution in [3.05, 3.63) is 34.8 Å². The lowest BCUT2D eigenvalue weighted by Crippen LogP contribution is -2.38. The molecule has 33 heavy (non-hydrogen) atoms. The molecule has 176 valence electrons. The maximum atomic E-state index is 6.06. The number of rotatable bonds is 9. The molecule has 0 atom stereocenters. The highest BCUT2D eigenvalue weighted by Gasteiger charge is 2.15. The third-order valence-corrected chi connectivity index (χ3v) is 6.22. The highest BCUT2D eigenvalue weighted by molar-refractivity contribution is 7.15. The minimum Gasteiger partial charge on any atom is -0.493 e. The van der Waals surface area contributed by atoms with Crippen molar-refractivity contribution in [3.63, 3.8) is 0 Å². The molecule has 1 aromatic carbocycles. The lowest BCUT2D eigenvalue weighted by Gasteiger charge is -2.26. The number of methoxy groups -OCH3 is 1. The molecular formula is C22H28N6O4S. The van der Waals surface area contributed by atoms with E-state index in [2.05, 4.69) is 14.9 Å². The molecule has 0 aliphatic carbocycles. The van der Waals surface area contributed by atoms with E-state index in [4.69, 9.17) is 35.4 Å². The Morgan fingerprint density at radius 1 is 1.03 bits per heavy atom. The summed E-state index contributed by atoms with van der Waals surface area (Å²) in [5.41, 5.74) is 13.1. The molecule has 0 spiro atoms. The Balaban J connectivity index is 1.44. The molecule has 3 heterocycles. The maximum absolute atomic E-state index is 6.06. The fraction of sp³-hybridized carbons (Fsp3) is 0.409. The maximum Gasteiger partial charge on any atom is 0.320 e. The zero-order valence-corrected chi connectivity index (χ0v) is 19.6. The molecule has 0 saturated carbocycles. The number of benzene rings is 1. The third kappa shape index (κ3) is 6.01. The fourth-order valence-corrected chi connectivity index (χ4v) is 4.29. The van der Waals surface area contributed by atoms with Gasteiger partial charge in [0.1, 0.15) is 29.9 Å². The first-order valence-corrected chi connectivity index (χ1v) is 11.4. The minimum absolute atomic E-state index is 0.127. The molecule has 0 amide bonds. The molecule has 1 saturated heterocycles. The molecule has 0 bridgehead atoms. The number of morpholine rings is 1. The first-order valence-electron chi connectivity index (χ1n) is 10.6. The van der Waals surface area contributed by atoms with Crippen LogP contribution in [-0.4, -0.2) is 66.4 Å². The number of hydrogen-bond donors (Lipinski definition) is 2. The lowest BCUT2D eigenvalue weighted by molar-refractivity contribution is 0.0321. The van der Waals surface area contributed by atoms with Crippen molar-refractivity contribution < 1.29 is 18.9 Å². The van der Waals surface area contributed by atoms with Crippen LogP contribution in [0.15, 0.2) is 24.3 Å². The Bertz CT molecular complexity index is 1070. The van der Waals surface area contributed by atoms with Gasteiger partial charge in [0.25, 0.3) is 0 Å². The van der Waals surface area contributed by atoms with Gasteiger partial charge >= 0.3 is 6.01 Å². The van der Waals surface area contributed by atoms with E-state index in [1.54, 1.807) is 18.4 Å². The van der Waals surface area contributed by atoms with Crippen molar-refractivity contribution in [2.75, 3.05) is 58.0 Å². The molecule has 2 aromatic heterocycles. The number of nitrogen functional groups attached to an aromatic ring is 2. The van der Waals surface area contributed by atoms with E-state index in [1.807, 2.05) is 25.1 Å². The number of ether oxygens (including phenoxy) is 4. The van der Waals surface area contributed by atoms with Crippen LogP contribution in [0.5, 0.6) is 17.5 Å². The summed E-state index contributed by atoms with van der Waals surface area (Å²) < 4.78 is 22.6. The molecule has 0 radical (unpaired) electrons. The Morgan fingerprint density at radius 2 is 1.79 bits per heavy atom. The van der Waals surface area contributed by atoms with Gasteiger partial charge in [-0.2, -0.15) is 9.97 Å². The van der Waals surface area contributed by atoms with Gasteiger partial charge in [-0.15, -0.1) is 11.3 Å². The smallest absolute Gasteiger partial charge is 0.320 e. The van der Waals surface area contributed by atoms with E-state index in [-0.39, 0.29) is 24.3 Å². The van der Waals surface area contributed by atoms with Crippen LogP contribution in [0, 0.1) is 6.92 Å². The van der Waals surface area contributed by atoms with Gasteiger partial charge in [0.15, 0.2) is 11.5 Å². The van der Waals surface area contributed by atoms with E-state index in [9.17, 15) is 0 Å². The molecule has 3 aromatic rings. The van der Waals surface area contributed by atoms with E-state index >= 15 is 0 Å². The summed E-state index contributed by atoms with van der Waals surface area (Å²) in [5.74, 6) is 1.90. The number of anilines is 2. The minimum atomic E-state index is 0.127. The molecule has 10 nitrogen and oxygen atoms in total. The van der Waals surface area contributed by atoms with Crippen LogP contribution in [0.3, 0.4) is 0 Å². The molecule has 1 fully saturated rings. The quantitative estimate of drug-likeness (QED) is 0.478. The summed E-state index contributed by atoms with van der Waals surface area (Å²) in [6.45, 7) is 7.01. The van der Waals surface area contributed by atoms with Crippen molar-refractivity contribution in [2.45, 2.75) is 13.5 Å². The van der Waals surface area contributed by atoms with Crippen molar-refractivity contribution >= 4 is 23.0 Å². The monoisotopic (exact) mass is 472 g/mol. The van der Waals surface area contributed by atoms with Crippen molar-refractivity contribution in [2.24, 2.45) is 0 Å². The van der Waals surface area contributed by atoms with Gasteiger partial charge in [0, 0.05) is 36.1 Å². The predicted molar refractivity (Wildman–Crippen MR) is 127 cm³/mol. The summed E-state index contributed by atoms with van der Waals surface area (Å²) in [4.78, 5) is 16.2. The van der Waals surface area contributed by atoms with Crippen LogP contribution in [0.1, 0.15) is 10.6 Å². The van der Waals surface area contributed by atoms with Gasteiger partial charge < -0.3 is 30.4 Å². The first-order chi connectivity index (χ1) is 16.0. The fourth-order valence-electron chi connectivity index (χ4n) is 3.38. The topological polar surface area (TPSA) is 131 Å². The molecule has 1 aliphatic heterocycles. The SMILES string of the molecule is COc1ccc(-c2nc(COc3nc(N)cc(N)n3)c(C)s2)cc1OCCN1CCOCC1. The average Bonchev–Trinajstić information content (AvgIpc) is 3.18. The van der Waals surface area contributed by atoms with E-state index in [0.717, 1.165) is 54.0 Å². The zero-order chi connectivity index (χ0) is 23.2. The van der Waals surface area contributed by atoms with Crippen molar-refractivity contribution in [1.29, 1.82) is 0 Å². The highest BCUT2D eigenvalue weighted by atomic mass is 32.1. The molecule has 11 heteroatoms. The second-order valence-corrected chi connectivity index (χ2v) is 8.68. The third-order valence-electron chi connectivity index (χ3n) is 5.16. The van der Waals surface area contributed by atoms with Gasteiger partial charge in [0.2, 0.25) is 0 Å². The zero-order valence-electron chi connectivity index (χ0n) is 18.7. The van der Waals surface area contributed by atoms with Gasteiger partial charge in [-0.1, -0.05) is 0 Å². The standard InChI is InChI=1S/C22H28N6O4S/c1-14-16(13-32-22-26-19(23)12-20(24)27-22)25-21(33-14)15-3-4-17(29-2)18(11-15)31-10-7-28-5-8-30-9-6-28/h3-4,11-12H,5-10,13H2,1-2H3,(H4,23,24,26,27). The van der Waals surface area contributed by atoms with Crippen LogP contribution in [0.4, 0.5) is 11.6 Å². The molecule has 4 rings (SSSR count). The Labute approximate surface area is 196 Å². The van der Waals surface area contributed by atoms with Crippen LogP contribution >= 0.6 is 11.3 Å². The van der Waals surface area contributed by atoms with Crippen molar-refractivity contribution in [1.82, 2.24) is 19.9 Å². The highest BCUT2D eigenvalue weighted by Crippen LogP contribution is 2.35. The number of aryl methyl sites for hydroxylation is 1. The molecule has 1 aliphatic rings. The average molecular weight is 473 g/mol. The Hall–Kier alpha value is -3.15. The number of nitrogens with zero attached hydrogens (tertiary/aromatic N) is 4. The van der Waals surface area contributed by atoms with E-state index < -0.39 is 0 Å². The number of hydrogen-bond acceptors (Lipinski definition) is 11. The van der Waals surface area contributed by atoms with Crippen LogP contribution in [0.25, 0.3) is 10.6 Å². The Morgan fingerprint density at radius 3 is 2.52 bits per heavy atom. The second-order valence-electron chi connectivity index (χ2n) is 7.48. The number of thiazole rings is 1. The van der Waals surface area contributed by atoms with E-state index in [1.165, 1.54) is 6.07 Å².